The Balaban J connectivity index is 1.71. The average Bonchev–Trinajstić information content (AvgIpc) is 2.49. The maximum absolute atomic E-state index is 12.0. The molecule has 7 heteroatoms. The normalized spacial score (nSPS) is 24.3. The Morgan fingerprint density at radius 1 is 1.59 bits per heavy atom. The number of aromatic nitrogens is 2. The number of hydrogen-bond acceptors (Lipinski definition) is 4. The average molecular weight is 301 g/mol. The number of nitrogens with zero attached hydrogens (tertiary/aromatic N) is 2. The Kier molecular flexibility index (Phi) is 2.79. The molecule has 1 aromatic heterocycles. The van der Waals surface area contributed by atoms with Crippen molar-refractivity contribution in [1.29, 1.82) is 0 Å². The number of carbonyl (C=O) groups excluding carboxylic acids is 1. The molecular formula is C10H13BrN4O2. The molecule has 92 valence electrons. The lowest BCUT2D eigenvalue weighted by atomic mass is 9.92. The van der Waals surface area contributed by atoms with E-state index in [1.807, 2.05) is 6.07 Å². The molecule has 1 amide bonds. The molecule has 0 aromatic carbocycles. The number of rotatable bonds is 2. The molecule has 0 aliphatic carbocycles. The van der Waals surface area contributed by atoms with Gasteiger partial charge in [0.2, 0.25) is 5.91 Å². The van der Waals surface area contributed by atoms with Gasteiger partial charge < -0.3 is 10.1 Å². The van der Waals surface area contributed by atoms with Gasteiger partial charge in [0.1, 0.15) is 10.4 Å². The second-order valence-electron chi connectivity index (χ2n) is 4.46. The third-order valence-corrected chi connectivity index (χ3v) is 3.51. The van der Waals surface area contributed by atoms with E-state index in [-0.39, 0.29) is 11.8 Å². The summed E-state index contributed by atoms with van der Waals surface area (Å²) in [5.41, 5.74) is 2.78. The molecule has 1 fully saturated rings. The van der Waals surface area contributed by atoms with Crippen molar-refractivity contribution in [3.8, 4) is 0 Å². The Morgan fingerprint density at radius 2 is 2.41 bits per heavy atom. The number of hydrogen-bond donors (Lipinski definition) is 2. The van der Waals surface area contributed by atoms with Crippen LogP contribution in [0.3, 0.4) is 0 Å². The van der Waals surface area contributed by atoms with Gasteiger partial charge in [-0.3, -0.25) is 4.79 Å². The van der Waals surface area contributed by atoms with Crippen LogP contribution in [0, 0.1) is 11.8 Å². The fraction of sp³-hybridized carbons (Fsp3) is 0.600. The summed E-state index contributed by atoms with van der Waals surface area (Å²) in [6.45, 7) is 2.19. The van der Waals surface area contributed by atoms with Crippen molar-refractivity contribution in [2.75, 3.05) is 30.5 Å². The molecule has 0 bridgehead atoms. The van der Waals surface area contributed by atoms with E-state index < -0.39 is 0 Å². The van der Waals surface area contributed by atoms with Crippen LogP contribution in [0.5, 0.6) is 0 Å². The summed E-state index contributed by atoms with van der Waals surface area (Å²) in [4.78, 5) is 13.5. The first-order valence-electron chi connectivity index (χ1n) is 5.60. The molecule has 6 nitrogen and oxygen atoms in total. The molecule has 2 aliphatic heterocycles. The zero-order valence-electron chi connectivity index (χ0n) is 9.15. The van der Waals surface area contributed by atoms with Crippen LogP contribution in [-0.2, 0) is 9.53 Å². The van der Waals surface area contributed by atoms with E-state index in [0.29, 0.717) is 17.1 Å². The standard InChI is InChI=1S/C10H13BrN4O2/c11-8-2-9-12-3-7(1-6-4-17-5-6)10(16)14-15(9)13-8/h2,6-7,12H,1,3-5H2,(H,14,16). The first-order valence-corrected chi connectivity index (χ1v) is 6.40. The van der Waals surface area contributed by atoms with Crippen molar-refractivity contribution in [2.24, 2.45) is 11.8 Å². The summed E-state index contributed by atoms with van der Waals surface area (Å²) >= 11 is 3.27. The highest BCUT2D eigenvalue weighted by Gasteiger charge is 2.29. The number of amides is 1. The molecule has 2 N–H and O–H groups in total. The van der Waals surface area contributed by atoms with Crippen LogP contribution in [0.2, 0.25) is 0 Å². The number of nitrogens with one attached hydrogen (secondary N) is 2. The Morgan fingerprint density at radius 3 is 3.12 bits per heavy atom. The van der Waals surface area contributed by atoms with E-state index in [1.165, 1.54) is 4.79 Å². The summed E-state index contributed by atoms with van der Waals surface area (Å²) in [5, 5.41) is 7.35. The Hall–Kier alpha value is -1.08. The second-order valence-corrected chi connectivity index (χ2v) is 5.27. The minimum absolute atomic E-state index is 0.0127. The lowest BCUT2D eigenvalue weighted by Crippen LogP contribution is -2.36. The predicted octanol–water partition coefficient (Wildman–Crippen LogP) is 0.794. The third kappa shape index (κ3) is 2.16. The van der Waals surface area contributed by atoms with Crippen LogP contribution in [0.15, 0.2) is 10.7 Å². The van der Waals surface area contributed by atoms with Crippen molar-refractivity contribution < 1.29 is 9.53 Å². The molecule has 1 atom stereocenters. The fourth-order valence-electron chi connectivity index (χ4n) is 2.09. The quantitative estimate of drug-likeness (QED) is 0.847. The maximum atomic E-state index is 12.0. The number of anilines is 1. The highest BCUT2D eigenvalue weighted by atomic mass is 79.9. The molecule has 2 aliphatic rings. The van der Waals surface area contributed by atoms with E-state index in [1.54, 1.807) is 0 Å². The van der Waals surface area contributed by atoms with Crippen LogP contribution < -0.4 is 10.7 Å². The number of carbonyl (C=O) groups is 1. The molecule has 3 rings (SSSR count). The third-order valence-electron chi connectivity index (χ3n) is 3.12. The maximum Gasteiger partial charge on any atom is 0.245 e. The van der Waals surface area contributed by atoms with Gasteiger partial charge in [-0.25, -0.2) is 5.43 Å². The topological polar surface area (TPSA) is 68.2 Å². The lowest BCUT2D eigenvalue weighted by Gasteiger charge is -2.28. The Labute approximate surface area is 107 Å². The summed E-state index contributed by atoms with van der Waals surface area (Å²) in [6.07, 6.45) is 0.866. The van der Waals surface area contributed by atoms with Crippen LogP contribution in [0.1, 0.15) is 6.42 Å². The van der Waals surface area contributed by atoms with E-state index in [4.69, 9.17) is 4.74 Å². The molecular weight excluding hydrogens is 288 g/mol. The zero-order valence-corrected chi connectivity index (χ0v) is 10.7. The van der Waals surface area contributed by atoms with Gasteiger partial charge in [-0.1, -0.05) is 0 Å². The molecule has 1 unspecified atom stereocenters. The van der Waals surface area contributed by atoms with E-state index >= 15 is 0 Å². The van der Waals surface area contributed by atoms with Crippen LogP contribution >= 0.6 is 15.9 Å². The Bertz CT molecular complexity index is 444. The van der Waals surface area contributed by atoms with Gasteiger partial charge in [0.05, 0.1) is 19.1 Å². The summed E-state index contributed by atoms with van der Waals surface area (Å²) in [6, 6.07) is 1.84. The van der Waals surface area contributed by atoms with Crippen LogP contribution in [-0.4, -0.2) is 35.6 Å². The van der Waals surface area contributed by atoms with Gasteiger partial charge in [-0.05, 0) is 22.4 Å². The lowest BCUT2D eigenvalue weighted by molar-refractivity contribution is -0.122. The van der Waals surface area contributed by atoms with E-state index in [0.717, 1.165) is 25.5 Å². The summed E-state index contributed by atoms with van der Waals surface area (Å²) in [7, 11) is 0. The molecule has 1 aromatic rings. The predicted molar refractivity (Wildman–Crippen MR) is 65.2 cm³/mol. The molecule has 17 heavy (non-hydrogen) atoms. The first kappa shape index (κ1) is 11.0. The van der Waals surface area contributed by atoms with Gasteiger partial charge in [0.25, 0.3) is 0 Å². The number of halogens is 1. The monoisotopic (exact) mass is 300 g/mol. The van der Waals surface area contributed by atoms with Crippen molar-refractivity contribution in [3.05, 3.63) is 10.7 Å². The fourth-order valence-corrected chi connectivity index (χ4v) is 2.47. The highest BCUT2D eigenvalue weighted by Crippen LogP contribution is 2.23. The largest absolute Gasteiger partial charge is 0.381 e. The van der Waals surface area contributed by atoms with Gasteiger partial charge in [-0.2, -0.15) is 4.79 Å². The van der Waals surface area contributed by atoms with Gasteiger partial charge in [0, 0.05) is 18.5 Å². The smallest absolute Gasteiger partial charge is 0.245 e. The number of ether oxygens (including phenoxy) is 1. The van der Waals surface area contributed by atoms with Crippen molar-refractivity contribution in [2.45, 2.75) is 6.42 Å². The minimum Gasteiger partial charge on any atom is -0.381 e. The summed E-state index contributed by atoms with van der Waals surface area (Å²) in [5.74, 6) is 1.31. The van der Waals surface area contributed by atoms with Crippen LogP contribution in [0.4, 0.5) is 5.82 Å². The molecule has 0 saturated carbocycles. The van der Waals surface area contributed by atoms with E-state index in [2.05, 4.69) is 31.8 Å². The van der Waals surface area contributed by atoms with Gasteiger partial charge in [-0.15, -0.1) is 5.10 Å². The van der Waals surface area contributed by atoms with Crippen molar-refractivity contribution in [3.63, 3.8) is 0 Å². The number of fused-ring (bicyclic) bond motifs is 1. The molecule has 0 spiro atoms. The highest BCUT2D eigenvalue weighted by molar-refractivity contribution is 9.10. The minimum atomic E-state index is -0.0237. The first-order chi connectivity index (χ1) is 8.22. The molecule has 1 saturated heterocycles. The van der Waals surface area contributed by atoms with Crippen LogP contribution in [0.25, 0.3) is 0 Å². The van der Waals surface area contributed by atoms with Crippen molar-refractivity contribution >= 4 is 27.7 Å². The molecule has 3 heterocycles. The van der Waals surface area contributed by atoms with E-state index in [9.17, 15) is 4.79 Å². The zero-order chi connectivity index (χ0) is 11.8. The SMILES string of the molecule is O=C1Nn2nc(Br)cc2NCC1CC1COC1. The second kappa shape index (κ2) is 4.30. The van der Waals surface area contributed by atoms with Crippen molar-refractivity contribution in [1.82, 2.24) is 9.89 Å². The van der Waals surface area contributed by atoms with Gasteiger partial charge in [0.15, 0.2) is 0 Å². The molecule has 0 radical (unpaired) electrons. The summed E-state index contributed by atoms with van der Waals surface area (Å²) < 4.78 is 5.83. The van der Waals surface area contributed by atoms with Gasteiger partial charge >= 0.3 is 0 Å².